The molecule has 2 nitrogen and oxygen atoms in total. The Bertz CT molecular complexity index is 4550. The third-order valence-corrected chi connectivity index (χ3v) is 17.8. The molecular weight excluding hydrogens is 929 g/mol. The van der Waals surface area contributed by atoms with Gasteiger partial charge in [-0.15, -0.1) is 0 Å². The Balaban J connectivity index is 0.958. The number of rotatable bonds is 6. The summed E-state index contributed by atoms with van der Waals surface area (Å²) in [6, 6.07) is 96.2. The van der Waals surface area contributed by atoms with Crippen LogP contribution in [0.4, 0.5) is 0 Å². The zero-order valence-electron chi connectivity index (χ0n) is 42.1. The van der Waals surface area contributed by atoms with Crippen LogP contribution >= 0.6 is 0 Å². The van der Waals surface area contributed by atoms with Crippen LogP contribution in [0.25, 0.3) is 122 Å². The van der Waals surface area contributed by atoms with Gasteiger partial charge in [0.05, 0.1) is 22.1 Å². The summed E-state index contributed by atoms with van der Waals surface area (Å²) in [6.07, 6.45) is 10.00. The molecule has 0 radical (unpaired) electrons. The van der Waals surface area contributed by atoms with Gasteiger partial charge in [-0.25, -0.2) is 0 Å². The van der Waals surface area contributed by atoms with Crippen LogP contribution < -0.4 is 0 Å². The maximum Gasteiger partial charge on any atom is 0.0547 e. The summed E-state index contributed by atoms with van der Waals surface area (Å²) < 4.78 is 4.88. The highest BCUT2D eigenvalue weighted by molar-refractivity contribution is 6.12. The molecule has 2 unspecified atom stereocenters. The van der Waals surface area contributed by atoms with Gasteiger partial charge in [-0.05, 0) is 149 Å². The van der Waals surface area contributed by atoms with Gasteiger partial charge in [0, 0.05) is 50.2 Å². The molecule has 2 heterocycles. The number of hydrogen-bond donors (Lipinski definition) is 0. The highest BCUT2D eigenvalue weighted by Gasteiger charge is 2.55. The van der Waals surface area contributed by atoms with E-state index < -0.39 is 5.41 Å². The quantitative estimate of drug-likeness (QED) is 0.157. The van der Waals surface area contributed by atoms with Crippen molar-refractivity contribution in [3.05, 3.63) is 300 Å². The lowest BCUT2D eigenvalue weighted by atomic mass is 9.55. The zero-order valence-corrected chi connectivity index (χ0v) is 42.1. The molecule has 0 N–H and O–H groups in total. The van der Waals surface area contributed by atoms with Crippen molar-refractivity contribution in [2.75, 3.05) is 0 Å². The number of allylic oxidation sites excluding steroid dienone is 2. The molecule has 0 spiro atoms. The molecule has 14 aromatic rings. The molecule has 0 bridgehead atoms. The van der Waals surface area contributed by atoms with E-state index in [1.807, 2.05) is 0 Å². The number of aromatic nitrogens is 2. The minimum absolute atomic E-state index is 0.0343. The van der Waals surface area contributed by atoms with Crippen molar-refractivity contribution in [2.24, 2.45) is 0 Å². The van der Waals surface area contributed by atoms with Gasteiger partial charge in [-0.2, -0.15) is 0 Å². The minimum atomic E-state index is -0.598. The largest absolute Gasteiger partial charge is 0.309 e. The number of fused-ring (bicyclic) bond motifs is 9. The van der Waals surface area contributed by atoms with Crippen LogP contribution in [0.15, 0.2) is 267 Å². The molecule has 0 fully saturated rings. The maximum absolute atomic E-state index is 2.60. The fraction of sp³-hybridized carbons (Fsp3) is 0.0400. The lowest BCUT2D eigenvalue weighted by Crippen LogP contribution is -2.39. The van der Waals surface area contributed by atoms with E-state index in [1.165, 1.54) is 132 Å². The minimum Gasteiger partial charge on any atom is -0.309 e. The third kappa shape index (κ3) is 5.96. The molecular formula is C75H48N2. The lowest BCUT2D eigenvalue weighted by Gasteiger charge is -2.46. The van der Waals surface area contributed by atoms with Crippen LogP contribution in [0.5, 0.6) is 0 Å². The van der Waals surface area contributed by atoms with Crippen molar-refractivity contribution in [3.8, 4) is 44.8 Å². The first kappa shape index (κ1) is 42.6. The Kier molecular flexibility index (Phi) is 8.92. The highest BCUT2D eigenvalue weighted by Crippen LogP contribution is 2.66. The smallest absolute Gasteiger partial charge is 0.0547 e. The molecule has 2 atom stereocenters. The lowest BCUT2D eigenvalue weighted by molar-refractivity contribution is 0.430. The molecule has 0 aliphatic heterocycles. The van der Waals surface area contributed by atoms with Gasteiger partial charge in [0.15, 0.2) is 0 Å². The Labute approximate surface area is 446 Å². The number of nitrogens with zero attached hydrogens (tertiary/aromatic N) is 2. The molecule has 3 aliphatic carbocycles. The zero-order chi connectivity index (χ0) is 50.3. The van der Waals surface area contributed by atoms with Gasteiger partial charge < -0.3 is 9.13 Å². The summed E-state index contributed by atoms with van der Waals surface area (Å²) >= 11 is 0. The molecule has 0 saturated heterocycles. The second-order valence-electron chi connectivity index (χ2n) is 21.5. The standard InChI is InChI=1S/C75H48N2/c1-3-21-55(22-4-1)76-69-29-9-7-25-59(69)61-39-33-53(45-71(61)76)51-31-37-57-58-38-32-52(54-34-40-62-60-26-8-10-30-70(60)77(72(62)46-54)56-23-5-2-6-24-56)44-68(58)75(67(57)43-51,65-41-35-49-17-11-15-47-19-13-27-63(65)73(47)49)66-42-36-50-18-12-16-48-20-14-28-64(66)74(48)50/h1-46,65-66H. The highest BCUT2D eigenvalue weighted by atomic mass is 15.0. The van der Waals surface area contributed by atoms with Crippen molar-refractivity contribution in [2.45, 2.75) is 17.3 Å². The predicted molar refractivity (Wildman–Crippen MR) is 324 cm³/mol. The molecule has 0 saturated carbocycles. The van der Waals surface area contributed by atoms with E-state index in [9.17, 15) is 0 Å². The summed E-state index contributed by atoms with van der Waals surface area (Å²) in [6.45, 7) is 0. The van der Waals surface area contributed by atoms with Gasteiger partial charge in [0.1, 0.15) is 0 Å². The summed E-state index contributed by atoms with van der Waals surface area (Å²) in [5.41, 5.74) is 22.0. The Morgan fingerprint density at radius 3 is 1.16 bits per heavy atom. The molecule has 358 valence electrons. The SMILES string of the molecule is C1=CC(C2(C3C=Cc4cccc5cccc3c45)c3cc(-c4ccc5c6ccccc6n(-c6ccccc6)c5c4)ccc3-c3ccc(-c4ccc5c6ccccc6n(-c6ccccc6)c5c4)cc32)c2cccc3cccc1c23. The van der Waals surface area contributed by atoms with E-state index in [4.69, 9.17) is 0 Å². The second kappa shape index (κ2) is 16.1. The van der Waals surface area contributed by atoms with Crippen LogP contribution in [0, 0.1) is 0 Å². The third-order valence-electron chi connectivity index (χ3n) is 17.8. The van der Waals surface area contributed by atoms with Crippen LogP contribution in [0.1, 0.15) is 45.2 Å². The summed E-state index contributed by atoms with van der Waals surface area (Å²) in [5.74, 6) is -0.0686. The summed E-state index contributed by atoms with van der Waals surface area (Å²) in [5, 5.41) is 10.3. The first-order valence-corrected chi connectivity index (χ1v) is 27.1. The van der Waals surface area contributed by atoms with Crippen LogP contribution in [0.3, 0.4) is 0 Å². The van der Waals surface area contributed by atoms with Crippen LogP contribution in [-0.2, 0) is 5.41 Å². The Hall–Kier alpha value is -9.76. The monoisotopic (exact) mass is 976 g/mol. The maximum atomic E-state index is 2.60. The number of benzene rings is 12. The van der Waals surface area contributed by atoms with Crippen molar-refractivity contribution >= 4 is 77.3 Å². The van der Waals surface area contributed by atoms with Crippen molar-refractivity contribution < 1.29 is 0 Å². The van der Waals surface area contributed by atoms with Gasteiger partial charge in [-0.1, -0.05) is 218 Å². The second-order valence-corrected chi connectivity index (χ2v) is 21.5. The van der Waals surface area contributed by atoms with E-state index in [-0.39, 0.29) is 11.8 Å². The van der Waals surface area contributed by atoms with E-state index in [2.05, 4.69) is 288 Å². The van der Waals surface area contributed by atoms with E-state index in [0.29, 0.717) is 0 Å². The van der Waals surface area contributed by atoms with Crippen molar-refractivity contribution in [3.63, 3.8) is 0 Å². The number of hydrogen-bond acceptors (Lipinski definition) is 0. The molecule has 2 aromatic heterocycles. The molecule has 0 amide bonds. The van der Waals surface area contributed by atoms with Crippen molar-refractivity contribution in [1.29, 1.82) is 0 Å². The summed E-state index contributed by atoms with van der Waals surface area (Å²) in [4.78, 5) is 0. The Morgan fingerprint density at radius 1 is 0.299 bits per heavy atom. The summed E-state index contributed by atoms with van der Waals surface area (Å²) in [7, 11) is 0. The molecule has 2 heteroatoms. The van der Waals surface area contributed by atoms with Gasteiger partial charge >= 0.3 is 0 Å². The van der Waals surface area contributed by atoms with Gasteiger partial charge in [0.2, 0.25) is 0 Å². The van der Waals surface area contributed by atoms with Crippen molar-refractivity contribution in [1.82, 2.24) is 9.13 Å². The van der Waals surface area contributed by atoms with E-state index >= 15 is 0 Å². The molecule has 17 rings (SSSR count). The molecule has 12 aromatic carbocycles. The van der Waals surface area contributed by atoms with Crippen LogP contribution in [0.2, 0.25) is 0 Å². The fourth-order valence-electron chi connectivity index (χ4n) is 14.6. The first-order valence-electron chi connectivity index (χ1n) is 27.1. The Morgan fingerprint density at radius 2 is 0.688 bits per heavy atom. The topological polar surface area (TPSA) is 9.86 Å². The van der Waals surface area contributed by atoms with E-state index in [1.54, 1.807) is 0 Å². The van der Waals surface area contributed by atoms with Gasteiger partial charge in [0.25, 0.3) is 0 Å². The fourth-order valence-corrected chi connectivity index (χ4v) is 14.6. The first-order chi connectivity index (χ1) is 38.2. The average Bonchev–Trinajstić information content (AvgIpc) is 4.24. The average molecular weight is 977 g/mol. The van der Waals surface area contributed by atoms with E-state index in [0.717, 1.165) is 11.4 Å². The molecule has 77 heavy (non-hydrogen) atoms. The number of para-hydroxylation sites is 4. The predicted octanol–water partition coefficient (Wildman–Crippen LogP) is 19.4. The van der Waals surface area contributed by atoms with Crippen LogP contribution in [-0.4, -0.2) is 9.13 Å². The van der Waals surface area contributed by atoms with Gasteiger partial charge in [-0.3, -0.25) is 0 Å². The molecule has 3 aliphatic rings. The normalized spacial score (nSPS) is 15.8.